The quantitative estimate of drug-likeness (QED) is 0.896. The fraction of sp³-hybridized carbons (Fsp3) is 0.533. The molecule has 1 aliphatic rings. The van der Waals surface area contributed by atoms with Crippen LogP contribution in [0.2, 0.25) is 0 Å². The second-order valence-corrected chi connectivity index (χ2v) is 4.99. The van der Waals surface area contributed by atoms with Crippen LogP contribution in [0.4, 0.5) is 4.39 Å². The van der Waals surface area contributed by atoms with Gasteiger partial charge >= 0.3 is 0 Å². The Morgan fingerprint density at radius 3 is 2.80 bits per heavy atom. The van der Waals surface area contributed by atoms with Gasteiger partial charge in [0.2, 0.25) is 0 Å². The molecule has 1 amide bonds. The first-order valence-electron chi connectivity index (χ1n) is 7.05. The minimum atomic E-state index is -0.427. The van der Waals surface area contributed by atoms with Gasteiger partial charge in [0, 0.05) is 25.2 Å². The summed E-state index contributed by atoms with van der Waals surface area (Å²) in [5.74, 6) is -0.320. The van der Waals surface area contributed by atoms with Gasteiger partial charge in [-0.15, -0.1) is 0 Å². The van der Waals surface area contributed by atoms with Crippen LogP contribution in [0.3, 0.4) is 0 Å². The van der Waals surface area contributed by atoms with E-state index in [4.69, 9.17) is 4.74 Å². The number of hydrogen-bond acceptors (Lipinski definition) is 3. The van der Waals surface area contributed by atoms with Gasteiger partial charge in [-0.25, -0.2) is 4.39 Å². The molecule has 1 aliphatic heterocycles. The van der Waals surface area contributed by atoms with Crippen LogP contribution in [0.25, 0.3) is 0 Å². The molecule has 1 heterocycles. The Bertz CT molecular complexity index is 459. The Labute approximate surface area is 118 Å². The van der Waals surface area contributed by atoms with Gasteiger partial charge in [0.25, 0.3) is 5.91 Å². The van der Waals surface area contributed by atoms with E-state index in [-0.39, 0.29) is 18.3 Å². The predicted molar refractivity (Wildman–Crippen MR) is 75.1 cm³/mol. The second kappa shape index (κ2) is 7.24. The van der Waals surface area contributed by atoms with Gasteiger partial charge in [0.15, 0.2) is 18.2 Å². The number of ether oxygens (including phenoxy) is 1. The van der Waals surface area contributed by atoms with E-state index in [9.17, 15) is 9.18 Å². The number of amides is 1. The number of carbonyl (C=O) groups is 1. The average Bonchev–Trinajstić information content (AvgIpc) is 2.47. The van der Waals surface area contributed by atoms with Gasteiger partial charge in [-0.1, -0.05) is 12.1 Å². The van der Waals surface area contributed by atoms with E-state index < -0.39 is 5.82 Å². The van der Waals surface area contributed by atoms with Crippen LogP contribution < -0.4 is 10.1 Å². The summed E-state index contributed by atoms with van der Waals surface area (Å²) in [6.45, 7) is 1.97. The van der Waals surface area contributed by atoms with E-state index in [1.165, 1.54) is 12.5 Å². The Balaban J connectivity index is 1.97. The molecule has 0 aromatic heterocycles. The monoisotopic (exact) mass is 280 g/mol. The fourth-order valence-corrected chi connectivity index (χ4v) is 2.41. The number of halogens is 1. The van der Waals surface area contributed by atoms with Gasteiger partial charge in [0.05, 0.1) is 0 Å². The summed E-state index contributed by atoms with van der Waals surface area (Å²) in [5, 5.41) is 2.96. The third kappa shape index (κ3) is 3.70. The van der Waals surface area contributed by atoms with Crippen molar-refractivity contribution in [3.63, 3.8) is 0 Å². The molecule has 1 N–H and O–H groups in total. The highest BCUT2D eigenvalue weighted by Crippen LogP contribution is 2.22. The van der Waals surface area contributed by atoms with Crippen LogP contribution in [0.5, 0.6) is 5.75 Å². The molecule has 0 aliphatic carbocycles. The van der Waals surface area contributed by atoms with Crippen molar-refractivity contribution in [3.8, 4) is 5.75 Å². The highest BCUT2D eigenvalue weighted by Gasteiger charge is 2.18. The summed E-state index contributed by atoms with van der Waals surface area (Å²) in [6, 6.07) is 4.78. The third-order valence-electron chi connectivity index (χ3n) is 3.46. The Hall–Kier alpha value is -1.62. The van der Waals surface area contributed by atoms with E-state index in [1.54, 1.807) is 24.1 Å². The summed E-state index contributed by atoms with van der Waals surface area (Å²) >= 11 is 0. The maximum Gasteiger partial charge on any atom is 0.260 e. The van der Waals surface area contributed by atoms with Crippen molar-refractivity contribution in [2.24, 2.45) is 0 Å². The summed E-state index contributed by atoms with van der Waals surface area (Å²) in [4.78, 5) is 13.8. The summed E-state index contributed by atoms with van der Waals surface area (Å²) < 4.78 is 19.2. The lowest BCUT2D eigenvalue weighted by Gasteiger charge is -2.26. The summed E-state index contributed by atoms with van der Waals surface area (Å²) in [6.07, 6.45) is 3.25. The molecule has 0 atom stereocenters. The van der Waals surface area contributed by atoms with Crippen LogP contribution in [0.1, 0.15) is 24.8 Å². The lowest BCUT2D eigenvalue weighted by Crippen LogP contribution is -2.38. The molecule has 0 spiro atoms. The molecule has 0 bridgehead atoms. The van der Waals surface area contributed by atoms with Gasteiger partial charge in [0.1, 0.15) is 0 Å². The molecule has 110 valence electrons. The van der Waals surface area contributed by atoms with E-state index in [1.807, 2.05) is 0 Å². The van der Waals surface area contributed by atoms with E-state index in [2.05, 4.69) is 5.32 Å². The van der Waals surface area contributed by atoms with Crippen molar-refractivity contribution in [1.29, 1.82) is 0 Å². The number of piperidine rings is 1. The van der Waals surface area contributed by atoms with Crippen molar-refractivity contribution in [2.75, 3.05) is 26.7 Å². The zero-order valence-electron chi connectivity index (χ0n) is 11.8. The number of likely N-dealkylation sites (tertiary alicyclic amines) is 1. The first-order valence-corrected chi connectivity index (χ1v) is 7.05. The predicted octanol–water partition coefficient (Wildman–Crippen LogP) is 1.94. The molecule has 20 heavy (non-hydrogen) atoms. The molecule has 5 heteroatoms. The van der Waals surface area contributed by atoms with Gasteiger partial charge in [-0.05, 0) is 32.4 Å². The fourth-order valence-electron chi connectivity index (χ4n) is 2.41. The second-order valence-electron chi connectivity index (χ2n) is 4.99. The smallest absolute Gasteiger partial charge is 0.260 e. The summed E-state index contributed by atoms with van der Waals surface area (Å²) in [5.41, 5.74) is 0.721. The van der Waals surface area contributed by atoms with Crippen LogP contribution in [0.15, 0.2) is 18.2 Å². The molecule has 1 aromatic carbocycles. The van der Waals surface area contributed by atoms with Crippen molar-refractivity contribution < 1.29 is 13.9 Å². The lowest BCUT2D eigenvalue weighted by atomic mass is 10.1. The van der Waals surface area contributed by atoms with Crippen LogP contribution in [-0.4, -0.2) is 37.6 Å². The Morgan fingerprint density at radius 1 is 1.35 bits per heavy atom. The largest absolute Gasteiger partial charge is 0.480 e. The van der Waals surface area contributed by atoms with Gasteiger partial charge in [-0.2, -0.15) is 0 Å². The molecule has 1 saturated heterocycles. The minimum absolute atomic E-state index is 0.0663. The highest BCUT2D eigenvalue weighted by molar-refractivity contribution is 5.77. The molecule has 4 nitrogen and oxygen atoms in total. The molecule has 2 rings (SSSR count). The molecule has 0 unspecified atom stereocenters. The Morgan fingerprint density at radius 2 is 2.10 bits per heavy atom. The minimum Gasteiger partial charge on any atom is -0.480 e. The van der Waals surface area contributed by atoms with E-state index in [0.717, 1.165) is 31.5 Å². The summed E-state index contributed by atoms with van der Waals surface area (Å²) in [7, 11) is 1.79. The molecule has 0 saturated carbocycles. The van der Waals surface area contributed by atoms with Crippen molar-refractivity contribution in [3.05, 3.63) is 29.6 Å². The van der Waals surface area contributed by atoms with Crippen LogP contribution in [0, 0.1) is 5.82 Å². The van der Waals surface area contributed by atoms with Gasteiger partial charge < -0.3 is 15.0 Å². The van der Waals surface area contributed by atoms with Crippen molar-refractivity contribution in [2.45, 2.75) is 25.8 Å². The number of carbonyl (C=O) groups excluding carboxylic acids is 1. The molecular formula is C15H21FN2O2. The first-order chi connectivity index (χ1) is 9.72. The number of hydrogen-bond donors (Lipinski definition) is 1. The number of nitrogens with zero attached hydrogens (tertiary/aromatic N) is 1. The number of para-hydroxylation sites is 1. The van der Waals surface area contributed by atoms with Crippen molar-refractivity contribution in [1.82, 2.24) is 10.2 Å². The average molecular weight is 280 g/mol. The van der Waals surface area contributed by atoms with E-state index >= 15 is 0 Å². The normalized spacial score (nSPS) is 15.2. The Kier molecular flexibility index (Phi) is 5.35. The standard InChI is InChI=1S/C15H21FN2O2/c1-17-10-12-6-5-7-13(16)15(12)20-11-14(19)18-8-3-2-4-9-18/h5-7,17H,2-4,8-11H2,1H3. The topological polar surface area (TPSA) is 41.6 Å². The molecule has 1 aromatic rings. The van der Waals surface area contributed by atoms with Crippen LogP contribution >= 0.6 is 0 Å². The SMILES string of the molecule is CNCc1cccc(F)c1OCC(=O)N1CCCCC1. The lowest BCUT2D eigenvalue weighted by molar-refractivity contribution is -0.134. The number of benzene rings is 1. The van der Waals surface area contributed by atoms with Crippen LogP contribution in [-0.2, 0) is 11.3 Å². The maximum absolute atomic E-state index is 13.8. The zero-order chi connectivity index (χ0) is 14.4. The number of nitrogens with one attached hydrogen (secondary N) is 1. The zero-order valence-corrected chi connectivity index (χ0v) is 11.8. The van der Waals surface area contributed by atoms with Gasteiger partial charge in [-0.3, -0.25) is 4.79 Å². The molecule has 0 radical (unpaired) electrons. The maximum atomic E-state index is 13.8. The number of rotatable bonds is 5. The van der Waals surface area contributed by atoms with Crippen molar-refractivity contribution >= 4 is 5.91 Å². The molecule has 1 fully saturated rings. The van der Waals surface area contributed by atoms with E-state index in [0.29, 0.717) is 6.54 Å². The third-order valence-corrected chi connectivity index (χ3v) is 3.46. The molecular weight excluding hydrogens is 259 g/mol. The first kappa shape index (κ1) is 14.8. The highest BCUT2D eigenvalue weighted by atomic mass is 19.1.